The lowest BCUT2D eigenvalue weighted by Crippen LogP contribution is -2.11. The van der Waals surface area contributed by atoms with E-state index >= 15 is 0 Å². The van der Waals surface area contributed by atoms with Crippen LogP contribution in [0.5, 0.6) is 0 Å². The van der Waals surface area contributed by atoms with Crippen LogP contribution in [0.15, 0.2) is 135 Å². The van der Waals surface area contributed by atoms with Gasteiger partial charge in [0.1, 0.15) is 28.7 Å². The topological polar surface area (TPSA) is 153 Å². The normalized spacial score (nSPS) is 11.7. The number of sulfone groups is 2. The second kappa shape index (κ2) is 15.3. The third-order valence-corrected chi connectivity index (χ3v) is 13.4. The van der Waals surface area contributed by atoms with E-state index in [9.17, 15) is 35.9 Å². The number of carbonyl (C=O) groups is 2. The van der Waals surface area contributed by atoms with E-state index < -0.39 is 44.0 Å². The number of hydrogen-bond acceptors (Lipinski definition) is 6. The van der Waals surface area contributed by atoms with Crippen molar-refractivity contribution in [3.8, 4) is 11.1 Å². The highest BCUT2D eigenvalue weighted by Crippen LogP contribution is 2.40. The minimum atomic E-state index is -3.98. The van der Waals surface area contributed by atoms with Crippen molar-refractivity contribution in [2.45, 2.75) is 46.5 Å². The van der Waals surface area contributed by atoms with Gasteiger partial charge in [0.25, 0.3) is 0 Å². The molecular weight excluding hydrogens is 790 g/mol. The van der Waals surface area contributed by atoms with Gasteiger partial charge in [-0.25, -0.2) is 21.2 Å². The molecule has 0 aliphatic heterocycles. The molecule has 7 aromatic rings. The van der Waals surface area contributed by atoms with Crippen molar-refractivity contribution in [3.05, 3.63) is 143 Å². The Morgan fingerprint density at radius 1 is 0.618 bits per heavy atom. The van der Waals surface area contributed by atoms with E-state index in [0.717, 1.165) is 17.2 Å². The molecule has 0 unspecified atom stereocenters. The first-order chi connectivity index (χ1) is 26.0. The Bertz CT molecular complexity index is 2840. The average Bonchev–Trinajstić information content (AvgIpc) is 3.58. The zero-order valence-electron chi connectivity index (χ0n) is 29.1. The Hall–Kier alpha value is -5.47. The number of halogens is 3. The van der Waals surface area contributed by atoms with E-state index in [-0.39, 0.29) is 37.2 Å². The number of aromatic nitrogens is 2. The van der Waals surface area contributed by atoms with Gasteiger partial charge in [-0.15, -0.1) is 0 Å². The monoisotopic (exact) mass is 820 g/mol. The van der Waals surface area contributed by atoms with Gasteiger partial charge in [-0.3, -0.25) is 9.59 Å². The molecular formula is C40H31Cl2FN2O8S2. The van der Waals surface area contributed by atoms with E-state index in [1.807, 2.05) is 36.4 Å². The molecule has 282 valence electrons. The Labute approximate surface area is 325 Å². The van der Waals surface area contributed by atoms with Crippen molar-refractivity contribution in [1.82, 2.24) is 9.13 Å². The predicted molar refractivity (Wildman–Crippen MR) is 208 cm³/mol. The first-order valence-corrected chi connectivity index (χ1v) is 20.1. The number of carboxylic acids is 2. The first kappa shape index (κ1) is 39.2. The van der Waals surface area contributed by atoms with Crippen LogP contribution < -0.4 is 0 Å². The second-order valence-corrected chi connectivity index (χ2v) is 17.1. The number of rotatable bonds is 9. The molecule has 0 aliphatic carbocycles. The van der Waals surface area contributed by atoms with Gasteiger partial charge < -0.3 is 19.3 Å². The maximum absolute atomic E-state index is 13.7. The fraction of sp³-hybridized carbons (Fsp3) is 0.100. The molecule has 0 atom stereocenters. The van der Waals surface area contributed by atoms with Gasteiger partial charge in [0.05, 0.1) is 20.8 Å². The van der Waals surface area contributed by atoms with Gasteiger partial charge in [-0.05, 0) is 97.8 Å². The summed E-state index contributed by atoms with van der Waals surface area (Å²) in [6.07, 6.45) is 0. The molecule has 2 aromatic heterocycles. The van der Waals surface area contributed by atoms with Gasteiger partial charge in [0, 0.05) is 32.2 Å². The van der Waals surface area contributed by atoms with Crippen LogP contribution in [-0.2, 0) is 42.4 Å². The van der Waals surface area contributed by atoms with E-state index in [1.165, 1.54) is 76.7 Å². The largest absolute Gasteiger partial charge is 0.480 e. The van der Waals surface area contributed by atoms with E-state index in [0.29, 0.717) is 32.2 Å². The lowest BCUT2D eigenvalue weighted by Gasteiger charge is -2.09. The molecule has 0 radical (unpaired) electrons. The van der Waals surface area contributed by atoms with E-state index in [1.54, 1.807) is 19.1 Å². The minimum Gasteiger partial charge on any atom is -0.480 e. The first-order valence-electron chi connectivity index (χ1n) is 16.4. The Morgan fingerprint density at radius 3 is 1.64 bits per heavy atom. The quantitative estimate of drug-likeness (QED) is 0.147. The summed E-state index contributed by atoms with van der Waals surface area (Å²) in [7, 11) is -7.91. The summed E-state index contributed by atoms with van der Waals surface area (Å²) in [6.45, 7) is 2.38. The predicted octanol–water partition coefficient (Wildman–Crippen LogP) is 8.85. The SMILES string of the molecule is Cc1c(S(=O)(=O)c2ccc(Cl)cc2)c2c(-c3ccccc3)cccc2n1CC(=O)O.Cc1c(S(=O)(=O)c2ccc(Cl)cc2)c2cc(F)ccc2n1CC(=O)O. The van der Waals surface area contributed by atoms with Crippen molar-refractivity contribution in [2.75, 3.05) is 0 Å². The van der Waals surface area contributed by atoms with Gasteiger partial charge >= 0.3 is 11.9 Å². The molecule has 0 spiro atoms. The molecule has 55 heavy (non-hydrogen) atoms. The van der Waals surface area contributed by atoms with Crippen LogP contribution in [0, 0.1) is 19.7 Å². The molecule has 0 fully saturated rings. The molecule has 0 saturated heterocycles. The summed E-state index contributed by atoms with van der Waals surface area (Å²) in [5.41, 5.74) is 3.09. The number of nitrogens with zero attached hydrogens (tertiary/aromatic N) is 2. The van der Waals surface area contributed by atoms with Gasteiger partial charge in [-0.2, -0.15) is 0 Å². The van der Waals surface area contributed by atoms with Crippen molar-refractivity contribution in [2.24, 2.45) is 0 Å². The minimum absolute atomic E-state index is 0.00126. The van der Waals surface area contributed by atoms with Crippen LogP contribution in [0.1, 0.15) is 11.4 Å². The molecule has 0 amide bonds. The lowest BCUT2D eigenvalue weighted by atomic mass is 10.0. The molecule has 7 rings (SSSR count). The smallest absolute Gasteiger partial charge is 0.323 e. The standard InChI is InChI=1S/C23H18ClNO4S.C17H13ClFNO4S/c1-15-23(30(28,29)18-12-10-17(24)11-13-18)22-19(16-6-3-2-4-7-16)8-5-9-20(22)25(15)14-21(26)27;1-10-17(25(23,24)13-5-2-11(18)3-6-13)14-8-12(19)4-7-15(14)20(10)9-16(21)22/h2-13H,14H2,1H3,(H,26,27);2-8H,9H2,1H3,(H,21,22). The van der Waals surface area contributed by atoms with E-state index in [4.69, 9.17) is 28.3 Å². The molecule has 0 saturated carbocycles. The zero-order chi connectivity index (χ0) is 39.8. The Morgan fingerprint density at radius 2 is 1.11 bits per heavy atom. The molecule has 0 bridgehead atoms. The number of carboxylic acid groups (broad SMARTS) is 2. The fourth-order valence-corrected chi connectivity index (χ4v) is 10.2. The van der Waals surface area contributed by atoms with Gasteiger partial charge in [-0.1, -0.05) is 65.7 Å². The molecule has 15 heteroatoms. The van der Waals surface area contributed by atoms with Crippen LogP contribution in [0.4, 0.5) is 4.39 Å². The van der Waals surface area contributed by atoms with Gasteiger partial charge in [0.2, 0.25) is 19.7 Å². The van der Waals surface area contributed by atoms with Gasteiger partial charge in [0.15, 0.2) is 0 Å². The molecule has 5 aromatic carbocycles. The molecule has 2 N–H and O–H groups in total. The maximum atomic E-state index is 13.7. The molecule has 0 aliphatic rings. The van der Waals surface area contributed by atoms with Crippen LogP contribution >= 0.6 is 23.2 Å². The highest BCUT2D eigenvalue weighted by atomic mass is 35.5. The third kappa shape index (κ3) is 7.61. The summed E-state index contributed by atoms with van der Waals surface area (Å²) < 4.78 is 70.1. The Kier molecular flexibility index (Phi) is 10.9. The average molecular weight is 822 g/mol. The van der Waals surface area contributed by atoms with Crippen LogP contribution in [-0.4, -0.2) is 48.1 Å². The van der Waals surface area contributed by atoms with Crippen LogP contribution in [0.3, 0.4) is 0 Å². The molecule has 10 nitrogen and oxygen atoms in total. The number of fused-ring (bicyclic) bond motifs is 2. The van der Waals surface area contributed by atoms with Crippen molar-refractivity contribution in [3.63, 3.8) is 0 Å². The molecule has 2 heterocycles. The second-order valence-electron chi connectivity index (χ2n) is 12.4. The summed E-state index contributed by atoms with van der Waals surface area (Å²) in [5, 5.41) is 20.0. The number of aliphatic carboxylic acids is 2. The van der Waals surface area contributed by atoms with Crippen molar-refractivity contribution < 1.29 is 41.0 Å². The van der Waals surface area contributed by atoms with Crippen LogP contribution in [0.25, 0.3) is 32.9 Å². The van der Waals surface area contributed by atoms with E-state index in [2.05, 4.69) is 0 Å². The maximum Gasteiger partial charge on any atom is 0.323 e. The highest BCUT2D eigenvalue weighted by molar-refractivity contribution is 7.92. The Balaban J connectivity index is 0.000000190. The zero-order valence-corrected chi connectivity index (χ0v) is 32.2. The third-order valence-electron chi connectivity index (χ3n) is 8.98. The summed E-state index contributed by atoms with van der Waals surface area (Å²) in [5.74, 6) is -2.78. The summed E-state index contributed by atoms with van der Waals surface area (Å²) in [4.78, 5) is 22.7. The fourth-order valence-electron chi connectivity index (χ4n) is 6.58. The summed E-state index contributed by atoms with van der Waals surface area (Å²) in [6, 6.07) is 30.1. The number of benzene rings is 5. The van der Waals surface area contributed by atoms with Crippen LogP contribution in [0.2, 0.25) is 10.0 Å². The number of hydrogen-bond donors (Lipinski definition) is 2. The van der Waals surface area contributed by atoms with Crippen molar-refractivity contribution >= 4 is 76.6 Å². The lowest BCUT2D eigenvalue weighted by molar-refractivity contribution is -0.138. The highest BCUT2D eigenvalue weighted by Gasteiger charge is 2.30. The summed E-state index contributed by atoms with van der Waals surface area (Å²) >= 11 is 11.7. The van der Waals surface area contributed by atoms with Crippen molar-refractivity contribution in [1.29, 1.82) is 0 Å².